The molecule has 2 aromatic rings. The van der Waals surface area contributed by atoms with Crippen molar-refractivity contribution < 1.29 is 5.11 Å². The molecule has 0 saturated heterocycles. The lowest BCUT2D eigenvalue weighted by Crippen LogP contribution is -1.98. The Balaban J connectivity index is 3.03. The van der Waals surface area contributed by atoms with Crippen LogP contribution in [0.2, 0.25) is 0 Å². The first-order chi connectivity index (χ1) is 6.61. The number of hydrogen-bond acceptors (Lipinski definition) is 4. The van der Waals surface area contributed by atoms with E-state index >= 15 is 0 Å². The van der Waals surface area contributed by atoms with Crippen molar-refractivity contribution in [3.8, 4) is 5.75 Å². The maximum Gasteiger partial charge on any atom is 0.125 e. The Labute approximate surface area is 80.9 Å². The maximum absolute atomic E-state index is 9.61. The summed E-state index contributed by atoms with van der Waals surface area (Å²) in [5.74, 6) is 0.0963. The number of phenolic OH excluding ortho intramolecular Hbond substituents is 1. The predicted octanol–water partition coefficient (Wildman–Crippen LogP) is 1.29. The van der Waals surface area contributed by atoms with Gasteiger partial charge in [0.2, 0.25) is 0 Å². The van der Waals surface area contributed by atoms with Crippen LogP contribution in [-0.4, -0.2) is 5.11 Å². The van der Waals surface area contributed by atoms with Gasteiger partial charge in [0.1, 0.15) is 5.75 Å². The molecule has 0 aliphatic carbocycles. The van der Waals surface area contributed by atoms with Gasteiger partial charge in [-0.15, -0.1) is 0 Å². The van der Waals surface area contributed by atoms with E-state index in [2.05, 4.69) is 0 Å². The van der Waals surface area contributed by atoms with Crippen molar-refractivity contribution in [2.45, 2.75) is 0 Å². The molecule has 4 nitrogen and oxygen atoms in total. The van der Waals surface area contributed by atoms with Gasteiger partial charge in [-0.1, -0.05) is 12.1 Å². The van der Waals surface area contributed by atoms with Crippen LogP contribution in [0.25, 0.3) is 10.8 Å². The summed E-state index contributed by atoms with van der Waals surface area (Å²) in [5, 5.41) is 10.8. The van der Waals surface area contributed by atoms with Gasteiger partial charge in [-0.05, 0) is 6.07 Å². The van der Waals surface area contributed by atoms with E-state index in [0.717, 1.165) is 0 Å². The Hall–Kier alpha value is -2.10. The Bertz CT molecular complexity index is 508. The first-order valence-corrected chi connectivity index (χ1v) is 4.16. The fraction of sp³-hybridized carbons (Fsp3) is 0. The molecule has 4 heteroatoms. The fourth-order valence-corrected chi connectivity index (χ4v) is 1.53. The molecule has 0 radical (unpaired) electrons. The van der Waals surface area contributed by atoms with Gasteiger partial charge >= 0.3 is 0 Å². The van der Waals surface area contributed by atoms with Crippen LogP contribution < -0.4 is 17.2 Å². The summed E-state index contributed by atoms with van der Waals surface area (Å²) < 4.78 is 0. The minimum absolute atomic E-state index is 0.0963. The van der Waals surface area contributed by atoms with Gasteiger partial charge in [-0.2, -0.15) is 0 Å². The number of fused-ring (bicyclic) bond motifs is 1. The molecule has 0 spiro atoms. The first kappa shape index (κ1) is 8.50. The number of nitrogens with two attached hydrogens (primary N) is 3. The Morgan fingerprint density at radius 1 is 1.00 bits per heavy atom. The van der Waals surface area contributed by atoms with Crippen molar-refractivity contribution in [2.75, 3.05) is 17.2 Å². The van der Waals surface area contributed by atoms with Crippen LogP contribution in [0.3, 0.4) is 0 Å². The Morgan fingerprint density at radius 2 is 1.71 bits per heavy atom. The summed E-state index contributed by atoms with van der Waals surface area (Å²) in [6, 6.07) is 6.65. The van der Waals surface area contributed by atoms with Gasteiger partial charge in [0, 0.05) is 22.5 Å². The Morgan fingerprint density at radius 3 is 2.43 bits per heavy atom. The largest absolute Gasteiger partial charge is 0.507 e. The van der Waals surface area contributed by atoms with Crippen LogP contribution in [0.5, 0.6) is 5.75 Å². The minimum atomic E-state index is 0.0963. The van der Waals surface area contributed by atoms with Crippen molar-refractivity contribution >= 4 is 27.8 Å². The quantitative estimate of drug-likeness (QED) is 0.370. The van der Waals surface area contributed by atoms with Crippen molar-refractivity contribution in [1.82, 2.24) is 0 Å². The second-order valence-corrected chi connectivity index (χ2v) is 3.17. The highest BCUT2D eigenvalue weighted by Crippen LogP contribution is 2.37. The molecule has 0 bridgehead atoms. The van der Waals surface area contributed by atoms with E-state index in [0.29, 0.717) is 27.8 Å². The van der Waals surface area contributed by atoms with E-state index in [4.69, 9.17) is 17.2 Å². The highest BCUT2D eigenvalue weighted by molar-refractivity contribution is 6.08. The van der Waals surface area contributed by atoms with E-state index < -0.39 is 0 Å². The van der Waals surface area contributed by atoms with Crippen molar-refractivity contribution in [3.63, 3.8) is 0 Å². The normalized spacial score (nSPS) is 10.6. The fourth-order valence-electron chi connectivity index (χ4n) is 1.53. The van der Waals surface area contributed by atoms with Crippen molar-refractivity contribution in [2.24, 2.45) is 0 Å². The molecule has 7 N–H and O–H groups in total. The third-order valence-electron chi connectivity index (χ3n) is 2.25. The van der Waals surface area contributed by atoms with Gasteiger partial charge in [0.05, 0.1) is 11.4 Å². The highest BCUT2D eigenvalue weighted by Gasteiger charge is 2.08. The van der Waals surface area contributed by atoms with Crippen LogP contribution in [0, 0.1) is 0 Å². The minimum Gasteiger partial charge on any atom is -0.507 e. The van der Waals surface area contributed by atoms with Gasteiger partial charge in [-0.25, -0.2) is 0 Å². The van der Waals surface area contributed by atoms with Crippen molar-refractivity contribution in [3.05, 3.63) is 24.3 Å². The second kappa shape index (κ2) is 2.70. The molecule has 2 rings (SSSR count). The zero-order valence-corrected chi connectivity index (χ0v) is 7.49. The van der Waals surface area contributed by atoms with Crippen LogP contribution in [-0.2, 0) is 0 Å². The number of rotatable bonds is 0. The molecular weight excluding hydrogens is 178 g/mol. The van der Waals surface area contributed by atoms with E-state index in [1.165, 1.54) is 6.07 Å². The summed E-state index contributed by atoms with van der Waals surface area (Å²) in [4.78, 5) is 0. The third-order valence-corrected chi connectivity index (χ3v) is 2.25. The molecule has 14 heavy (non-hydrogen) atoms. The molecule has 0 amide bonds. The molecule has 0 heterocycles. The summed E-state index contributed by atoms with van der Waals surface area (Å²) in [6.45, 7) is 0. The second-order valence-electron chi connectivity index (χ2n) is 3.17. The summed E-state index contributed by atoms with van der Waals surface area (Å²) in [6.07, 6.45) is 0. The standard InChI is InChI=1S/C10H11N3O/c11-6-3-1-2-5-8(14)4-7(12)10(13)9(5)6/h1-4,14H,11-13H2. The maximum atomic E-state index is 9.61. The zero-order valence-electron chi connectivity index (χ0n) is 7.49. The monoisotopic (exact) mass is 189 g/mol. The number of benzene rings is 2. The molecule has 2 aromatic carbocycles. The van der Waals surface area contributed by atoms with Crippen LogP contribution in [0.1, 0.15) is 0 Å². The zero-order chi connectivity index (χ0) is 10.3. The van der Waals surface area contributed by atoms with E-state index in [1.54, 1.807) is 18.2 Å². The SMILES string of the molecule is Nc1cc(O)c2cccc(N)c2c1N. The predicted molar refractivity (Wildman–Crippen MR) is 58.9 cm³/mol. The summed E-state index contributed by atoms with van der Waals surface area (Å²) >= 11 is 0. The molecular formula is C10H11N3O. The molecule has 0 aliphatic rings. The average Bonchev–Trinajstić information content (AvgIpc) is 2.14. The van der Waals surface area contributed by atoms with Gasteiger partial charge in [0.15, 0.2) is 0 Å². The lowest BCUT2D eigenvalue weighted by Gasteiger charge is -2.09. The Kier molecular flexibility index (Phi) is 1.64. The highest BCUT2D eigenvalue weighted by atomic mass is 16.3. The lowest BCUT2D eigenvalue weighted by molar-refractivity contribution is 0.482. The number of phenols is 1. The smallest absolute Gasteiger partial charge is 0.125 e. The third kappa shape index (κ3) is 1.01. The van der Waals surface area contributed by atoms with Crippen LogP contribution in [0.15, 0.2) is 24.3 Å². The molecule has 0 saturated carbocycles. The molecule has 0 aromatic heterocycles. The van der Waals surface area contributed by atoms with Crippen LogP contribution in [0.4, 0.5) is 17.1 Å². The molecule has 0 atom stereocenters. The van der Waals surface area contributed by atoms with Crippen molar-refractivity contribution in [1.29, 1.82) is 0 Å². The first-order valence-electron chi connectivity index (χ1n) is 4.16. The van der Waals surface area contributed by atoms with E-state index in [1.807, 2.05) is 0 Å². The molecule has 0 fully saturated rings. The number of hydrogen-bond donors (Lipinski definition) is 4. The number of aromatic hydroxyl groups is 1. The van der Waals surface area contributed by atoms with Gasteiger partial charge in [-0.3, -0.25) is 0 Å². The average molecular weight is 189 g/mol. The van der Waals surface area contributed by atoms with Gasteiger partial charge in [0.25, 0.3) is 0 Å². The molecule has 0 aliphatic heterocycles. The molecule has 72 valence electrons. The van der Waals surface area contributed by atoms with Gasteiger partial charge < -0.3 is 22.3 Å². The van der Waals surface area contributed by atoms with E-state index in [-0.39, 0.29) is 5.75 Å². The lowest BCUT2D eigenvalue weighted by atomic mass is 10.0. The van der Waals surface area contributed by atoms with Crippen LogP contribution >= 0.6 is 0 Å². The topological polar surface area (TPSA) is 98.3 Å². The summed E-state index contributed by atoms with van der Waals surface area (Å²) in [7, 11) is 0. The number of anilines is 3. The molecule has 0 unspecified atom stereocenters. The van der Waals surface area contributed by atoms with E-state index in [9.17, 15) is 5.11 Å². The summed E-state index contributed by atoms with van der Waals surface area (Å²) in [5.41, 5.74) is 18.4. The number of nitrogen functional groups attached to an aromatic ring is 3.